The molecule has 29 heavy (non-hydrogen) atoms. The second kappa shape index (κ2) is 8.45. The summed E-state index contributed by atoms with van der Waals surface area (Å²) < 4.78 is 0. The summed E-state index contributed by atoms with van der Waals surface area (Å²) in [5.41, 5.74) is 3.59. The fraction of sp³-hybridized carbons (Fsp3) is 0.227. The number of hydrogen-bond acceptors (Lipinski definition) is 4. The number of hydrogen-bond donors (Lipinski definition) is 1. The lowest BCUT2D eigenvalue weighted by Gasteiger charge is -2.19. The van der Waals surface area contributed by atoms with Crippen molar-refractivity contribution in [1.82, 2.24) is 14.8 Å². The van der Waals surface area contributed by atoms with Crippen LogP contribution in [0.1, 0.15) is 27.2 Å². The highest BCUT2D eigenvalue weighted by molar-refractivity contribution is 7.13. The molecule has 1 saturated heterocycles. The van der Waals surface area contributed by atoms with Crippen molar-refractivity contribution in [3.8, 4) is 0 Å². The lowest BCUT2D eigenvalue weighted by atomic mass is 10.1. The molecule has 1 N–H and O–H groups in total. The van der Waals surface area contributed by atoms with E-state index in [1.165, 1.54) is 11.3 Å². The minimum absolute atomic E-state index is 0.0508. The van der Waals surface area contributed by atoms with E-state index < -0.39 is 0 Å². The van der Waals surface area contributed by atoms with Crippen molar-refractivity contribution in [3.05, 3.63) is 82.4 Å². The second-order valence-corrected chi connectivity index (χ2v) is 7.91. The van der Waals surface area contributed by atoms with Gasteiger partial charge in [0.15, 0.2) is 5.13 Å². The summed E-state index contributed by atoms with van der Waals surface area (Å²) in [4.78, 5) is 33.0. The summed E-state index contributed by atoms with van der Waals surface area (Å²) in [7, 11) is 0. The molecule has 2 aromatic carbocycles. The molecule has 4 rings (SSSR count). The van der Waals surface area contributed by atoms with Crippen LogP contribution in [0.15, 0.2) is 60.0 Å². The Morgan fingerprint density at radius 1 is 1.00 bits per heavy atom. The normalized spacial score (nSPS) is 13.8. The third kappa shape index (κ3) is 4.63. The second-order valence-electron chi connectivity index (χ2n) is 7.06. The first-order chi connectivity index (χ1) is 14.1. The van der Waals surface area contributed by atoms with Crippen molar-refractivity contribution in [3.63, 3.8) is 0 Å². The number of urea groups is 1. The highest BCUT2D eigenvalue weighted by Gasteiger charge is 2.28. The monoisotopic (exact) mass is 406 g/mol. The summed E-state index contributed by atoms with van der Waals surface area (Å²) in [5, 5.41) is 5.30. The third-order valence-corrected chi connectivity index (χ3v) is 5.70. The number of rotatable bonds is 6. The number of carbonyl (C=O) groups is 2. The predicted octanol–water partition coefficient (Wildman–Crippen LogP) is 4.14. The number of nitrogens with one attached hydrogen (secondary N) is 1. The molecule has 0 spiro atoms. The lowest BCUT2D eigenvalue weighted by molar-refractivity contribution is 0.102. The molecule has 0 atom stereocenters. The highest BCUT2D eigenvalue weighted by Crippen LogP contribution is 2.18. The Labute approximate surface area is 173 Å². The van der Waals surface area contributed by atoms with Gasteiger partial charge in [-0.25, -0.2) is 9.78 Å². The Hall–Kier alpha value is -3.19. The molecular formula is C22H22N4O2S. The van der Waals surface area contributed by atoms with Crippen LogP contribution in [0, 0.1) is 6.92 Å². The molecular weight excluding hydrogens is 384 g/mol. The number of thiazole rings is 1. The molecule has 7 heteroatoms. The van der Waals surface area contributed by atoms with Crippen molar-refractivity contribution in [2.45, 2.75) is 20.0 Å². The minimum atomic E-state index is -0.183. The largest absolute Gasteiger partial charge is 0.320 e. The lowest BCUT2D eigenvalue weighted by Crippen LogP contribution is -2.31. The first-order valence-corrected chi connectivity index (χ1v) is 10.4. The Kier molecular flexibility index (Phi) is 5.57. The Morgan fingerprint density at radius 2 is 1.62 bits per heavy atom. The highest BCUT2D eigenvalue weighted by atomic mass is 32.1. The summed E-state index contributed by atoms with van der Waals surface area (Å²) in [6.45, 7) is 4.49. The molecule has 1 aliphatic heterocycles. The van der Waals surface area contributed by atoms with Crippen LogP contribution in [-0.4, -0.2) is 39.8 Å². The number of amides is 3. The van der Waals surface area contributed by atoms with E-state index in [0.29, 0.717) is 30.3 Å². The van der Waals surface area contributed by atoms with Crippen molar-refractivity contribution < 1.29 is 9.59 Å². The molecule has 0 bridgehead atoms. The number of nitrogens with zero attached hydrogens (tertiary/aromatic N) is 3. The Balaban J connectivity index is 1.34. The average Bonchev–Trinajstić information content (AvgIpc) is 3.29. The maximum Gasteiger partial charge on any atom is 0.320 e. The molecule has 0 saturated carbocycles. The maximum atomic E-state index is 12.7. The van der Waals surface area contributed by atoms with Gasteiger partial charge in [0.1, 0.15) is 0 Å². The predicted molar refractivity (Wildman–Crippen MR) is 114 cm³/mol. The van der Waals surface area contributed by atoms with E-state index in [1.807, 2.05) is 64.6 Å². The van der Waals surface area contributed by atoms with Gasteiger partial charge in [0, 0.05) is 37.1 Å². The van der Waals surface area contributed by atoms with E-state index in [2.05, 4.69) is 10.3 Å². The molecule has 148 valence electrons. The van der Waals surface area contributed by atoms with Gasteiger partial charge >= 0.3 is 6.03 Å². The molecule has 1 aliphatic rings. The van der Waals surface area contributed by atoms with Crippen molar-refractivity contribution in [1.29, 1.82) is 0 Å². The molecule has 0 radical (unpaired) electrons. The average molecular weight is 407 g/mol. The standard InChI is InChI=1S/C22H22N4O2S/c1-16-15-29-21(23-16)24-20(27)19-9-7-18(8-10-19)14-26-12-11-25(22(26)28)13-17-5-3-2-4-6-17/h2-10,15H,11-14H2,1H3,(H,23,24,27). The van der Waals surface area contributed by atoms with Gasteiger partial charge in [-0.05, 0) is 30.2 Å². The van der Waals surface area contributed by atoms with Gasteiger partial charge in [-0.1, -0.05) is 42.5 Å². The zero-order chi connectivity index (χ0) is 20.2. The molecule has 1 fully saturated rings. The Morgan fingerprint density at radius 3 is 2.21 bits per heavy atom. The van der Waals surface area contributed by atoms with E-state index in [1.54, 1.807) is 12.1 Å². The molecule has 1 aromatic heterocycles. The molecule has 3 aromatic rings. The van der Waals surface area contributed by atoms with Crippen LogP contribution in [0.5, 0.6) is 0 Å². The van der Waals surface area contributed by atoms with Gasteiger partial charge in [0.2, 0.25) is 0 Å². The van der Waals surface area contributed by atoms with E-state index >= 15 is 0 Å². The number of anilines is 1. The first-order valence-electron chi connectivity index (χ1n) is 9.49. The smallest absolute Gasteiger partial charge is 0.319 e. The van der Waals surface area contributed by atoms with Gasteiger partial charge < -0.3 is 9.80 Å². The van der Waals surface area contributed by atoms with Gasteiger partial charge in [0.25, 0.3) is 5.91 Å². The van der Waals surface area contributed by atoms with Gasteiger partial charge in [-0.3, -0.25) is 10.1 Å². The zero-order valence-electron chi connectivity index (χ0n) is 16.2. The zero-order valence-corrected chi connectivity index (χ0v) is 17.0. The van der Waals surface area contributed by atoms with Crippen LogP contribution in [0.25, 0.3) is 0 Å². The number of aryl methyl sites for hydroxylation is 1. The van der Waals surface area contributed by atoms with E-state index in [9.17, 15) is 9.59 Å². The van der Waals surface area contributed by atoms with E-state index in [4.69, 9.17) is 0 Å². The quantitative estimate of drug-likeness (QED) is 0.669. The van der Waals surface area contributed by atoms with Crippen molar-refractivity contribution in [2.75, 3.05) is 18.4 Å². The molecule has 3 amide bonds. The van der Waals surface area contributed by atoms with Crippen LogP contribution in [0.4, 0.5) is 9.93 Å². The molecule has 0 aliphatic carbocycles. The fourth-order valence-electron chi connectivity index (χ4n) is 3.29. The fourth-order valence-corrected chi connectivity index (χ4v) is 3.98. The summed E-state index contributed by atoms with van der Waals surface area (Å²) in [6, 6.07) is 17.4. The first kappa shape index (κ1) is 19.1. The molecule has 0 unspecified atom stereocenters. The van der Waals surface area contributed by atoms with E-state index in [-0.39, 0.29) is 11.9 Å². The third-order valence-electron chi connectivity index (χ3n) is 4.83. The number of benzene rings is 2. The van der Waals surface area contributed by atoms with Gasteiger partial charge in [-0.2, -0.15) is 0 Å². The van der Waals surface area contributed by atoms with Gasteiger partial charge in [-0.15, -0.1) is 11.3 Å². The maximum absolute atomic E-state index is 12.7. The van der Waals surface area contributed by atoms with Crippen LogP contribution < -0.4 is 5.32 Å². The van der Waals surface area contributed by atoms with E-state index in [0.717, 1.165) is 23.4 Å². The number of carbonyl (C=O) groups excluding carboxylic acids is 2. The van der Waals surface area contributed by atoms with Gasteiger partial charge in [0.05, 0.1) is 5.69 Å². The van der Waals surface area contributed by atoms with Crippen LogP contribution in [-0.2, 0) is 13.1 Å². The molecule has 6 nitrogen and oxygen atoms in total. The van der Waals surface area contributed by atoms with Crippen LogP contribution >= 0.6 is 11.3 Å². The summed E-state index contributed by atoms with van der Waals surface area (Å²) in [6.07, 6.45) is 0. The van der Waals surface area contributed by atoms with Crippen LogP contribution in [0.3, 0.4) is 0 Å². The Bertz CT molecular complexity index is 1000. The van der Waals surface area contributed by atoms with Crippen molar-refractivity contribution in [2.24, 2.45) is 0 Å². The SMILES string of the molecule is Cc1csc(NC(=O)c2ccc(CN3CCN(Cc4ccccc4)C3=O)cc2)n1. The summed E-state index contributed by atoms with van der Waals surface area (Å²) in [5.74, 6) is -0.183. The van der Waals surface area contributed by atoms with Crippen LogP contribution in [0.2, 0.25) is 0 Å². The number of aromatic nitrogens is 1. The molecule has 2 heterocycles. The van der Waals surface area contributed by atoms with Crippen molar-refractivity contribution >= 4 is 28.4 Å². The minimum Gasteiger partial charge on any atom is -0.319 e. The summed E-state index contributed by atoms with van der Waals surface area (Å²) >= 11 is 1.41. The topological polar surface area (TPSA) is 65.5 Å².